The fraction of sp³-hybridized carbons (Fsp3) is 0.333. The number of aliphatic hydroxyl groups is 1. The first kappa shape index (κ1) is 9.42. The molecule has 0 saturated heterocycles. The van der Waals surface area contributed by atoms with Gasteiger partial charge >= 0.3 is 0 Å². The van der Waals surface area contributed by atoms with Crippen molar-refractivity contribution in [3.8, 4) is 5.75 Å². The molecule has 2 nitrogen and oxygen atoms in total. The lowest BCUT2D eigenvalue weighted by molar-refractivity contribution is 0.280. The molecule has 0 amide bonds. The van der Waals surface area contributed by atoms with E-state index in [2.05, 4.69) is 12.6 Å². The number of hydrogen-bond acceptors (Lipinski definition) is 3. The molecule has 0 aliphatic rings. The van der Waals surface area contributed by atoms with Crippen LogP contribution in [0, 0.1) is 6.92 Å². The SMILES string of the molecule is Cc1ccc(OCS)cc1CO. The summed E-state index contributed by atoms with van der Waals surface area (Å²) in [6.45, 7) is 2.01. The topological polar surface area (TPSA) is 29.5 Å². The molecule has 12 heavy (non-hydrogen) atoms. The Morgan fingerprint density at radius 2 is 2.25 bits per heavy atom. The van der Waals surface area contributed by atoms with Crippen LogP contribution in [0.2, 0.25) is 0 Å². The van der Waals surface area contributed by atoms with Gasteiger partial charge in [-0.15, -0.1) is 12.6 Å². The van der Waals surface area contributed by atoms with Crippen molar-refractivity contribution in [2.45, 2.75) is 13.5 Å². The second kappa shape index (κ2) is 4.38. The van der Waals surface area contributed by atoms with E-state index in [1.54, 1.807) is 0 Å². The van der Waals surface area contributed by atoms with Gasteiger partial charge in [0.15, 0.2) is 0 Å². The molecule has 66 valence electrons. The molecule has 0 saturated carbocycles. The first-order valence-electron chi connectivity index (χ1n) is 3.72. The first-order chi connectivity index (χ1) is 5.77. The van der Waals surface area contributed by atoms with Crippen molar-refractivity contribution in [3.05, 3.63) is 29.3 Å². The van der Waals surface area contributed by atoms with Gasteiger partial charge < -0.3 is 9.84 Å². The van der Waals surface area contributed by atoms with Crippen molar-refractivity contribution in [1.29, 1.82) is 0 Å². The zero-order valence-electron chi connectivity index (χ0n) is 6.95. The average molecular weight is 184 g/mol. The maximum Gasteiger partial charge on any atom is 0.131 e. The van der Waals surface area contributed by atoms with Gasteiger partial charge in [-0.2, -0.15) is 0 Å². The van der Waals surface area contributed by atoms with Gasteiger partial charge in [0.1, 0.15) is 11.7 Å². The van der Waals surface area contributed by atoms with Crippen LogP contribution in [0.3, 0.4) is 0 Å². The van der Waals surface area contributed by atoms with Crippen LogP contribution in [0.25, 0.3) is 0 Å². The third-order valence-corrected chi connectivity index (χ3v) is 1.85. The maximum atomic E-state index is 8.94. The molecule has 0 unspecified atom stereocenters. The second-order valence-corrected chi connectivity index (χ2v) is 2.78. The van der Waals surface area contributed by atoms with E-state index in [4.69, 9.17) is 9.84 Å². The number of ether oxygens (including phenoxy) is 1. The quantitative estimate of drug-likeness (QED) is 0.553. The molecule has 0 aromatic heterocycles. The number of benzene rings is 1. The Morgan fingerprint density at radius 3 is 2.83 bits per heavy atom. The highest BCUT2D eigenvalue weighted by Gasteiger charge is 1.98. The van der Waals surface area contributed by atoms with Crippen LogP contribution in [-0.2, 0) is 6.61 Å². The molecular weight excluding hydrogens is 172 g/mol. The van der Waals surface area contributed by atoms with Crippen LogP contribution in [-0.4, -0.2) is 11.0 Å². The van der Waals surface area contributed by atoms with E-state index in [1.807, 2.05) is 25.1 Å². The van der Waals surface area contributed by atoms with Crippen LogP contribution < -0.4 is 4.74 Å². The van der Waals surface area contributed by atoms with Gasteiger partial charge in [-0.25, -0.2) is 0 Å². The van der Waals surface area contributed by atoms with Crippen LogP contribution in [0.4, 0.5) is 0 Å². The van der Waals surface area contributed by atoms with Crippen LogP contribution in [0.5, 0.6) is 5.75 Å². The summed E-state index contributed by atoms with van der Waals surface area (Å²) in [5.41, 5.74) is 1.97. The summed E-state index contributed by atoms with van der Waals surface area (Å²) in [6.07, 6.45) is 0. The van der Waals surface area contributed by atoms with Crippen molar-refractivity contribution < 1.29 is 9.84 Å². The molecule has 1 aromatic carbocycles. The van der Waals surface area contributed by atoms with Crippen molar-refractivity contribution >= 4 is 12.6 Å². The molecule has 0 heterocycles. The Bertz CT molecular complexity index is 261. The molecule has 0 aliphatic carbocycles. The molecule has 0 aliphatic heterocycles. The number of thiol groups is 1. The lowest BCUT2D eigenvalue weighted by Gasteiger charge is -2.06. The minimum Gasteiger partial charge on any atom is -0.483 e. The summed E-state index contributed by atoms with van der Waals surface area (Å²) in [5.74, 6) is 1.10. The number of aryl methyl sites for hydroxylation is 1. The molecule has 0 fully saturated rings. The minimum atomic E-state index is 0.0512. The summed E-state index contributed by atoms with van der Waals surface area (Å²) < 4.78 is 5.16. The molecule has 0 atom stereocenters. The lowest BCUT2D eigenvalue weighted by Crippen LogP contribution is -1.93. The van der Waals surface area contributed by atoms with Gasteiger partial charge in [-0.1, -0.05) is 6.07 Å². The zero-order chi connectivity index (χ0) is 8.97. The molecular formula is C9H12O2S. The fourth-order valence-corrected chi connectivity index (χ4v) is 1.13. The van der Waals surface area contributed by atoms with E-state index in [9.17, 15) is 0 Å². The predicted molar refractivity (Wildman–Crippen MR) is 51.6 cm³/mol. The Balaban J connectivity index is 2.89. The summed E-state index contributed by atoms with van der Waals surface area (Å²) in [4.78, 5) is 0. The van der Waals surface area contributed by atoms with Crippen LogP contribution >= 0.6 is 12.6 Å². The summed E-state index contributed by atoms with van der Waals surface area (Å²) in [7, 11) is 0. The second-order valence-electron chi connectivity index (χ2n) is 2.52. The van der Waals surface area contributed by atoms with Crippen molar-refractivity contribution in [3.63, 3.8) is 0 Å². The summed E-state index contributed by atoms with van der Waals surface area (Å²) in [6, 6.07) is 5.61. The fourth-order valence-electron chi connectivity index (χ4n) is 0.982. The largest absolute Gasteiger partial charge is 0.483 e. The molecule has 0 radical (unpaired) electrons. The summed E-state index contributed by atoms with van der Waals surface area (Å²) in [5, 5.41) is 8.94. The maximum absolute atomic E-state index is 8.94. The zero-order valence-corrected chi connectivity index (χ0v) is 7.84. The van der Waals surface area contributed by atoms with Crippen molar-refractivity contribution in [2.75, 3.05) is 5.94 Å². The number of aliphatic hydroxyl groups excluding tert-OH is 1. The van der Waals surface area contributed by atoms with Gasteiger partial charge in [0.05, 0.1) is 6.61 Å². The standard InChI is InChI=1S/C9H12O2S/c1-7-2-3-9(11-6-12)4-8(7)5-10/h2-4,10,12H,5-6H2,1H3. The highest BCUT2D eigenvalue weighted by Crippen LogP contribution is 2.17. The van der Waals surface area contributed by atoms with Crippen molar-refractivity contribution in [1.82, 2.24) is 0 Å². The highest BCUT2D eigenvalue weighted by molar-refractivity contribution is 7.80. The monoisotopic (exact) mass is 184 g/mol. The summed E-state index contributed by atoms with van der Waals surface area (Å²) >= 11 is 3.94. The molecule has 1 N–H and O–H groups in total. The lowest BCUT2D eigenvalue weighted by atomic mass is 10.1. The third-order valence-electron chi connectivity index (χ3n) is 1.72. The van der Waals surface area contributed by atoms with E-state index >= 15 is 0 Å². The van der Waals surface area contributed by atoms with Gasteiger partial charge in [-0.3, -0.25) is 0 Å². The van der Waals surface area contributed by atoms with Crippen LogP contribution in [0.15, 0.2) is 18.2 Å². The Morgan fingerprint density at radius 1 is 1.50 bits per heavy atom. The number of rotatable bonds is 3. The van der Waals surface area contributed by atoms with Gasteiger partial charge in [-0.05, 0) is 30.2 Å². The Kier molecular flexibility index (Phi) is 3.44. The first-order valence-corrected chi connectivity index (χ1v) is 4.35. The van der Waals surface area contributed by atoms with Crippen LogP contribution in [0.1, 0.15) is 11.1 Å². The van der Waals surface area contributed by atoms with Gasteiger partial charge in [0.25, 0.3) is 0 Å². The Labute approximate surface area is 77.6 Å². The third kappa shape index (κ3) is 2.16. The number of hydrogen-bond donors (Lipinski definition) is 2. The molecule has 1 rings (SSSR count). The highest BCUT2D eigenvalue weighted by atomic mass is 32.1. The smallest absolute Gasteiger partial charge is 0.131 e. The van der Waals surface area contributed by atoms with Gasteiger partial charge in [0, 0.05) is 0 Å². The van der Waals surface area contributed by atoms with E-state index in [1.165, 1.54) is 0 Å². The van der Waals surface area contributed by atoms with E-state index in [0.29, 0.717) is 5.94 Å². The molecule has 0 bridgehead atoms. The van der Waals surface area contributed by atoms with Gasteiger partial charge in [0.2, 0.25) is 0 Å². The van der Waals surface area contributed by atoms with E-state index < -0.39 is 0 Å². The van der Waals surface area contributed by atoms with E-state index in [0.717, 1.165) is 16.9 Å². The molecule has 0 spiro atoms. The normalized spacial score (nSPS) is 9.92. The Hall–Kier alpha value is -0.670. The predicted octanol–water partition coefficient (Wildman–Crippen LogP) is 1.75. The molecule has 3 heteroatoms. The van der Waals surface area contributed by atoms with Crippen molar-refractivity contribution in [2.24, 2.45) is 0 Å². The average Bonchev–Trinajstić information content (AvgIpc) is 2.09. The van der Waals surface area contributed by atoms with E-state index in [-0.39, 0.29) is 6.61 Å². The minimum absolute atomic E-state index is 0.0512. The molecule has 1 aromatic rings.